The van der Waals surface area contributed by atoms with Crippen LogP contribution < -0.4 is 0 Å². The maximum atomic E-state index is 11.3. The highest BCUT2D eigenvalue weighted by Gasteiger charge is 2.20. The number of hydrogen-bond acceptors (Lipinski definition) is 4. The summed E-state index contributed by atoms with van der Waals surface area (Å²) in [4.78, 5) is 12.5. The van der Waals surface area contributed by atoms with Gasteiger partial charge < -0.3 is 19.8 Å². The van der Waals surface area contributed by atoms with Gasteiger partial charge in [0.1, 0.15) is 5.60 Å². The van der Waals surface area contributed by atoms with Crippen molar-refractivity contribution in [2.24, 2.45) is 0 Å². The van der Waals surface area contributed by atoms with E-state index in [9.17, 15) is 4.79 Å². The first-order valence-electron chi connectivity index (χ1n) is 4.49. The molecule has 1 amide bonds. The lowest BCUT2D eigenvalue weighted by atomic mass is 10.2. The topological polar surface area (TPSA) is 70.0 Å². The van der Waals surface area contributed by atoms with E-state index < -0.39 is 17.8 Å². The molecule has 0 heterocycles. The maximum Gasteiger partial charge on any atom is 0.410 e. The fourth-order valence-electron chi connectivity index (χ4n) is 0.788. The minimum absolute atomic E-state index is 0.0609. The van der Waals surface area contributed by atoms with Crippen LogP contribution in [0, 0.1) is 0 Å². The van der Waals surface area contributed by atoms with Crippen LogP contribution in [0.5, 0.6) is 0 Å². The Kier molecular flexibility index (Phi) is 4.87. The largest absolute Gasteiger partial charge is 0.444 e. The van der Waals surface area contributed by atoms with E-state index >= 15 is 0 Å². The van der Waals surface area contributed by atoms with Crippen molar-refractivity contribution in [2.75, 3.05) is 20.2 Å². The van der Waals surface area contributed by atoms with Crippen LogP contribution in [-0.4, -0.2) is 53.1 Å². The second kappa shape index (κ2) is 5.17. The van der Waals surface area contributed by atoms with Gasteiger partial charge in [0.05, 0.1) is 19.3 Å². The molecule has 0 aliphatic heterocycles. The van der Waals surface area contributed by atoms with Crippen LogP contribution in [0.1, 0.15) is 20.8 Å². The van der Waals surface area contributed by atoms with Gasteiger partial charge in [0.15, 0.2) is 0 Å². The molecule has 0 aliphatic rings. The fraction of sp³-hybridized carbons (Fsp3) is 0.889. The quantitative estimate of drug-likeness (QED) is 0.691. The van der Waals surface area contributed by atoms with E-state index in [1.54, 1.807) is 20.8 Å². The van der Waals surface area contributed by atoms with E-state index in [2.05, 4.69) is 0 Å². The van der Waals surface area contributed by atoms with Crippen molar-refractivity contribution in [1.82, 2.24) is 4.90 Å². The molecule has 0 fully saturated rings. The van der Waals surface area contributed by atoms with Gasteiger partial charge in [-0.25, -0.2) is 4.79 Å². The maximum absolute atomic E-state index is 11.3. The number of aliphatic hydroxyl groups is 2. The molecule has 1 atom stereocenters. The van der Waals surface area contributed by atoms with Crippen molar-refractivity contribution in [1.29, 1.82) is 0 Å². The molecule has 2 N–H and O–H groups in total. The molecule has 0 aromatic carbocycles. The van der Waals surface area contributed by atoms with Crippen molar-refractivity contribution >= 4 is 6.09 Å². The minimum Gasteiger partial charge on any atom is -0.444 e. The Bertz CT molecular complexity index is 188. The van der Waals surface area contributed by atoms with Crippen LogP contribution in [0.3, 0.4) is 0 Å². The molecular formula is C9H19NO4. The number of carbonyl (C=O) groups is 1. The number of ether oxygens (including phenoxy) is 1. The Hall–Kier alpha value is -0.810. The third-order valence-corrected chi connectivity index (χ3v) is 1.40. The predicted octanol–water partition coefficient (Wildman–Crippen LogP) is 0.206. The van der Waals surface area contributed by atoms with E-state index in [-0.39, 0.29) is 13.2 Å². The number of aliphatic hydroxyl groups excluding tert-OH is 2. The third-order valence-electron chi connectivity index (χ3n) is 1.40. The summed E-state index contributed by atoms with van der Waals surface area (Å²) in [5, 5.41) is 17.6. The number of likely N-dealkylation sites (N-methyl/N-ethyl adjacent to an activating group) is 1. The van der Waals surface area contributed by atoms with Gasteiger partial charge in [-0.1, -0.05) is 0 Å². The molecule has 0 bridgehead atoms. The number of hydrogen-bond donors (Lipinski definition) is 2. The zero-order valence-corrected chi connectivity index (χ0v) is 9.15. The van der Waals surface area contributed by atoms with Crippen LogP contribution in [0.4, 0.5) is 4.79 Å². The summed E-state index contributed by atoms with van der Waals surface area (Å²) >= 11 is 0. The SMILES string of the molecule is CN(C[C@@H](O)CO)C(=O)OC(C)(C)C. The van der Waals surface area contributed by atoms with E-state index in [0.717, 1.165) is 0 Å². The number of nitrogens with zero attached hydrogens (tertiary/aromatic N) is 1. The number of rotatable bonds is 3. The first-order valence-corrected chi connectivity index (χ1v) is 4.49. The summed E-state index contributed by atoms with van der Waals surface area (Å²) in [5.41, 5.74) is -0.546. The van der Waals surface area contributed by atoms with Crippen molar-refractivity contribution in [3.63, 3.8) is 0 Å². The highest BCUT2D eigenvalue weighted by atomic mass is 16.6. The zero-order valence-electron chi connectivity index (χ0n) is 9.15. The second-order valence-electron chi connectivity index (χ2n) is 4.20. The first-order chi connectivity index (χ1) is 6.26. The Morgan fingerprint density at radius 1 is 1.50 bits per heavy atom. The zero-order chi connectivity index (χ0) is 11.4. The van der Waals surface area contributed by atoms with Crippen LogP contribution in [0.15, 0.2) is 0 Å². The third kappa shape index (κ3) is 5.77. The molecule has 0 rings (SSSR count). The summed E-state index contributed by atoms with van der Waals surface area (Å²) in [6, 6.07) is 0. The summed E-state index contributed by atoms with van der Waals surface area (Å²) in [7, 11) is 1.51. The molecule has 0 unspecified atom stereocenters. The minimum atomic E-state index is -0.924. The summed E-state index contributed by atoms with van der Waals surface area (Å²) in [6.45, 7) is 4.99. The molecule has 84 valence electrons. The molecule has 0 saturated heterocycles. The van der Waals surface area contributed by atoms with Gasteiger partial charge in [0.2, 0.25) is 0 Å². The van der Waals surface area contributed by atoms with Crippen molar-refractivity contribution < 1.29 is 19.7 Å². The Balaban J connectivity index is 4.00. The normalized spacial score (nSPS) is 13.6. The van der Waals surface area contributed by atoms with E-state index in [1.807, 2.05) is 0 Å². The Labute approximate surface area is 84.3 Å². The molecule has 0 aromatic rings. The van der Waals surface area contributed by atoms with Crippen molar-refractivity contribution in [3.8, 4) is 0 Å². The molecule has 0 spiro atoms. The first kappa shape index (κ1) is 13.2. The summed E-state index contributed by atoms with van der Waals surface area (Å²) < 4.78 is 5.04. The highest BCUT2D eigenvalue weighted by molar-refractivity contribution is 5.67. The number of amides is 1. The molecule has 0 saturated carbocycles. The predicted molar refractivity (Wildman–Crippen MR) is 52.0 cm³/mol. The average Bonchev–Trinajstić information content (AvgIpc) is 2.00. The van der Waals surface area contributed by atoms with Crippen LogP contribution in [0.2, 0.25) is 0 Å². The van der Waals surface area contributed by atoms with Gasteiger partial charge in [-0.2, -0.15) is 0 Å². The number of carbonyl (C=O) groups excluding carboxylic acids is 1. The van der Waals surface area contributed by atoms with Gasteiger partial charge in [-0.05, 0) is 20.8 Å². The van der Waals surface area contributed by atoms with Gasteiger partial charge in [0.25, 0.3) is 0 Å². The molecule has 0 radical (unpaired) electrons. The molecule has 0 aliphatic carbocycles. The highest BCUT2D eigenvalue weighted by Crippen LogP contribution is 2.09. The van der Waals surface area contributed by atoms with Gasteiger partial charge in [-0.15, -0.1) is 0 Å². The Morgan fingerprint density at radius 2 is 2.00 bits per heavy atom. The molecule has 5 nitrogen and oxygen atoms in total. The lowest BCUT2D eigenvalue weighted by Crippen LogP contribution is -2.39. The van der Waals surface area contributed by atoms with Crippen LogP contribution in [0.25, 0.3) is 0 Å². The fourth-order valence-corrected chi connectivity index (χ4v) is 0.788. The lowest BCUT2D eigenvalue weighted by Gasteiger charge is -2.25. The molecule has 0 aromatic heterocycles. The van der Waals surface area contributed by atoms with Gasteiger partial charge >= 0.3 is 6.09 Å². The van der Waals surface area contributed by atoms with Crippen molar-refractivity contribution in [3.05, 3.63) is 0 Å². The molecule has 14 heavy (non-hydrogen) atoms. The summed E-state index contributed by atoms with van der Waals surface area (Å²) in [6.07, 6.45) is -1.43. The lowest BCUT2D eigenvalue weighted by molar-refractivity contribution is 0.0137. The Morgan fingerprint density at radius 3 is 2.36 bits per heavy atom. The molecule has 5 heteroatoms. The van der Waals surface area contributed by atoms with Gasteiger partial charge in [0, 0.05) is 7.05 Å². The molecular weight excluding hydrogens is 186 g/mol. The van der Waals surface area contributed by atoms with Crippen LogP contribution >= 0.6 is 0 Å². The van der Waals surface area contributed by atoms with E-state index in [0.29, 0.717) is 0 Å². The van der Waals surface area contributed by atoms with Crippen molar-refractivity contribution in [2.45, 2.75) is 32.5 Å². The van der Waals surface area contributed by atoms with E-state index in [4.69, 9.17) is 14.9 Å². The smallest absolute Gasteiger partial charge is 0.410 e. The summed E-state index contributed by atoms with van der Waals surface area (Å²) in [5.74, 6) is 0. The second-order valence-corrected chi connectivity index (χ2v) is 4.20. The van der Waals surface area contributed by atoms with Crippen LogP contribution in [-0.2, 0) is 4.74 Å². The average molecular weight is 205 g/mol. The standard InChI is InChI=1S/C9H19NO4/c1-9(2,3)14-8(13)10(4)5-7(12)6-11/h7,11-12H,5-6H2,1-4H3/t7-/m1/s1. The van der Waals surface area contributed by atoms with E-state index in [1.165, 1.54) is 11.9 Å². The van der Waals surface area contributed by atoms with Gasteiger partial charge in [-0.3, -0.25) is 0 Å². The monoisotopic (exact) mass is 205 g/mol.